The smallest absolute Gasteiger partial charge is 0.446 e. The highest BCUT2D eigenvalue weighted by molar-refractivity contribution is 8.00. The van der Waals surface area contributed by atoms with E-state index in [9.17, 15) is 18.0 Å². The minimum absolute atomic E-state index is 0.0944. The monoisotopic (exact) mass is 482 g/mol. The van der Waals surface area contributed by atoms with Crippen molar-refractivity contribution in [1.82, 2.24) is 9.97 Å². The molecule has 0 radical (unpaired) electrons. The molecule has 4 nitrogen and oxygen atoms in total. The van der Waals surface area contributed by atoms with E-state index in [1.807, 2.05) is 0 Å². The van der Waals surface area contributed by atoms with E-state index in [1.165, 1.54) is 28.9 Å². The third-order valence-corrected chi connectivity index (χ3v) is 6.69. The average Bonchev–Trinajstić information content (AvgIpc) is 3.27. The molecule has 0 saturated carbocycles. The number of aromatic nitrogens is 2. The number of carboxylic acids is 1. The van der Waals surface area contributed by atoms with E-state index >= 15 is 0 Å². The first kappa shape index (κ1) is 21.1. The second-order valence-electron chi connectivity index (χ2n) is 5.06. The molecule has 0 amide bonds. The predicted octanol–water partition coefficient (Wildman–Crippen LogP) is 7.21. The molecule has 0 unspecified atom stereocenters. The van der Waals surface area contributed by atoms with Crippen LogP contribution in [0.2, 0.25) is 10.3 Å². The van der Waals surface area contributed by atoms with Gasteiger partial charge in [-0.1, -0.05) is 23.2 Å². The summed E-state index contributed by atoms with van der Waals surface area (Å²) in [5.74, 6) is -0.975. The summed E-state index contributed by atoms with van der Waals surface area (Å²) in [5, 5.41) is 14.2. The van der Waals surface area contributed by atoms with E-state index < -0.39 is 11.5 Å². The maximum atomic E-state index is 12.2. The van der Waals surface area contributed by atoms with Gasteiger partial charge in [-0.25, -0.2) is 14.8 Å². The Bertz CT molecular complexity index is 1160. The van der Waals surface area contributed by atoms with Crippen LogP contribution in [0.25, 0.3) is 20.2 Å². The van der Waals surface area contributed by atoms with Crippen molar-refractivity contribution in [3.63, 3.8) is 0 Å². The standard InChI is InChI=1S/C8H3ClF3NS2.C8H4ClNO2S/c9-7-4-1-2-14-6(4)5(3-13-7)15-8(10,11)12;9-7-4-1-2-13-6(4)5(3-10-7)8(11)12/h1-3H;1-3H,(H,11,12). The third kappa shape index (κ3) is 4.69. The van der Waals surface area contributed by atoms with Gasteiger partial charge in [0, 0.05) is 23.2 Å². The summed E-state index contributed by atoms with van der Waals surface area (Å²) < 4.78 is 37.7. The van der Waals surface area contributed by atoms with Gasteiger partial charge in [0.1, 0.15) is 10.3 Å². The number of fused-ring (bicyclic) bond motifs is 2. The molecule has 0 spiro atoms. The number of pyridine rings is 2. The van der Waals surface area contributed by atoms with Crippen LogP contribution in [0, 0.1) is 0 Å². The third-order valence-electron chi connectivity index (χ3n) is 3.30. The number of carboxylic acid groups (broad SMARTS) is 1. The fraction of sp³-hybridized carbons (Fsp3) is 0.0625. The Morgan fingerprint density at radius 1 is 1.00 bits per heavy atom. The number of rotatable bonds is 2. The molecule has 0 aliphatic carbocycles. The molecular weight excluding hydrogens is 476 g/mol. The summed E-state index contributed by atoms with van der Waals surface area (Å²) in [4.78, 5) is 18.3. The van der Waals surface area contributed by atoms with Gasteiger partial charge in [-0.2, -0.15) is 13.2 Å². The van der Waals surface area contributed by atoms with E-state index in [4.69, 9.17) is 28.3 Å². The lowest BCUT2D eigenvalue weighted by Crippen LogP contribution is -1.99. The summed E-state index contributed by atoms with van der Waals surface area (Å²) in [6.45, 7) is 0. The minimum atomic E-state index is -4.30. The van der Waals surface area contributed by atoms with Crippen molar-refractivity contribution in [3.8, 4) is 0 Å². The average molecular weight is 483 g/mol. The van der Waals surface area contributed by atoms with Crippen molar-refractivity contribution in [2.24, 2.45) is 0 Å². The zero-order valence-corrected chi connectivity index (χ0v) is 17.3. The molecule has 0 aromatic carbocycles. The van der Waals surface area contributed by atoms with Gasteiger partial charge >= 0.3 is 11.5 Å². The lowest BCUT2D eigenvalue weighted by atomic mass is 10.2. The zero-order valence-electron chi connectivity index (χ0n) is 13.3. The lowest BCUT2D eigenvalue weighted by Gasteiger charge is -2.06. The van der Waals surface area contributed by atoms with Gasteiger partial charge < -0.3 is 5.11 Å². The second kappa shape index (κ2) is 8.42. The molecule has 0 bridgehead atoms. The van der Waals surface area contributed by atoms with Crippen LogP contribution in [0.5, 0.6) is 0 Å². The van der Waals surface area contributed by atoms with Crippen LogP contribution in [0.4, 0.5) is 13.2 Å². The first-order chi connectivity index (χ1) is 13.2. The molecular formula is C16H7Cl2F3N2O2S3. The first-order valence-electron chi connectivity index (χ1n) is 7.20. The van der Waals surface area contributed by atoms with Crippen LogP contribution in [0.3, 0.4) is 0 Å². The SMILES string of the molecule is FC(F)(F)Sc1cnc(Cl)c2ccsc12.O=C(O)c1cnc(Cl)c2ccsc12. The fourth-order valence-corrected chi connectivity index (χ4v) is 5.24. The molecule has 0 saturated heterocycles. The normalized spacial score (nSPS) is 11.5. The van der Waals surface area contributed by atoms with E-state index in [-0.39, 0.29) is 27.4 Å². The number of halogens is 5. The summed E-state index contributed by atoms with van der Waals surface area (Å²) in [6.07, 6.45) is 2.43. The van der Waals surface area contributed by atoms with Gasteiger partial charge in [-0.3, -0.25) is 0 Å². The minimum Gasteiger partial charge on any atom is -0.478 e. The van der Waals surface area contributed by atoms with E-state index in [0.29, 0.717) is 25.3 Å². The predicted molar refractivity (Wildman–Crippen MR) is 108 cm³/mol. The molecule has 0 atom stereocenters. The Morgan fingerprint density at radius 3 is 2.11 bits per heavy atom. The van der Waals surface area contributed by atoms with Crippen molar-refractivity contribution in [3.05, 3.63) is 51.2 Å². The summed E-state index contributed by atoms with van der Waals surface area (Å²) in [7, 11) is 0. The molecule has 4 heterocycles. The highest BCUT2D eigenvalue weighted by atomic mass is 35.5. The number of alkyl halides is 3. The Labute approximate surface area is 177 Å². The Kier molecular flexibility index (Phi) is 6.35. The molecule has 146 valence electrons. The molecule has 4 rings (SSSR count). The second-order valence-corrected chi connectivity index (χ2v) is 8.71. The Hall–Kier alpha value is -1.59. The molecule has 0 aliphatic heterocycles. The van der Waals surface area contributed by atoms with Crippen LogP contribution in [-0.2, 0) is 0 Å². The molecule has 0 fully saturated rings. The lowest BCUT2D eigenvalue weighted by molar-refractivity contribution is -0.0327. The van der Waals surface area contributed by atoms with Gasteiger partial charge in [0.15, 0.2) is 0 Å². The van der Waals surface area contributed by atoms with Gasteiger partial charge in [0.2, 0.25) is 0 Å². The molecule has 28 heavy (non-hydrogen) atoms. The van der Waals surface area contributed by atoms with Crippen molar-refractivity contribution in [2.45, 2.75) is 10.4 Å². The van der Waals surface area contributed by atoms with Crippen LogP contribution in [-0.4, -0.2) is 26.6 Å². The number of hydrogen-bond acceptors (Lipinski definition) is 6. The number of nitrogens with zero attached hydrogens (tertiary/aromatic N) is 2. The number of carbonyl (C=O) groups is 1. The summed E-state index contributed by atoms with van der Waals surface area (Å²) in [6, 6.07) is 3.43. The summed E-state index contributed by atoms with van der Waals surface area (Å²) in [5.41, 5.74) is -4.10. The topological polar surface area (TPSA) is 63.1 Å². The Morgan fingerprint density at radius 2 is 1.54 bits per heavy atom. The van der Waals surface area contributed by atoms with Gasteiger partial charge in [0.05, 0.1) is 19.9 Å². The number of thioether (sulfide) groups is 1. The number of hydrogen-bond donors (Lipinski definition) is 1. The van der Waals surface area contributed by atoms with Crippen LogP contribution < -0.4 is 0 Å². The van der Waals surface area contributed by atoms with Crippen molar-refractivity contribution in [2.75, 3.05) is 0 Å². The van der Waals surface area contributed by atoms with Crippen molar-refractivity contribution >= 4 is 83.8 Å². The van der Waals surface area contributed by atoms with Gasteiger partial charge in [0.25, 0.3) is 0 Å². The number of thiophene rings is 2. The molecule has 1 N–H and O–H groups in total. The fourth-order valence-electron chi connectivity index (χ4n) is 2.19. The molecule has 4 aromatic heterocycles. The van der Waals surface area contributed by atoms with Gasteiger partial charge in [-0.05, 0) is 34.7 Å². The largest absolute Gasteiger partial charge is 0.478 e. The van der Waals surface area contributed by atoms with Crippen molar-refractivity contribution in [1.29, 1.82) is 0 Å². The van der Waals surface area contributed by atoms with Crippen molar-refractivity contribution < 1.29 is 23.1 Å². The van der Waals surface area contributed by atoms with E-state index in [0.717, 1.165) is 6.20 Å². The maximum Gasteiger partial charge on any atom is 0.446 e. The molecule has 0 aliphatic rings. The molecule has 4 aromatic rings. The zero-order chi connectivity index (χ0) is 20.5. The van der Waals surface area contributed by atoms with Crippen LogP contribution in [0.1, 0.15) is 10.4 Å². The Balaban J connectivity index is 0.000000162. The van der Waals surface area contributed by atoms with E-state index in [1.54, 1.807) is 22.9 Å². The van der Waals surface area contributed by atoms with E-state index in [2.05, 4.69) is 9.97 Å². The maximum absolute atomic E-state index is 12.2. The quantitative estimate of drug-likeness (QED) is 0.241. The van der Waals surface area contributed by atoms with Gasteiger partial charge in [-0.15, -0.1) is 22.7 Å². The van der Waals surface area contributed by atoms with Crippen LogP contribution >= 0.6 is 57.6 Å². The first-order valence-corrected chi connectivity index (χ1v) is 10.5. The number of aromatic carboxylic acids is 1. The summed E-state index contributed by atoms with van der Waals surface area (Å²) >= 11 is 13.9. The molecule has 12 heteroatoms. The van der Waals surface area contributed by atoms with Crippen LogP contribution in [0.15, 0.2) is 40.2 Å². The highest BCUT2D eigenvalue weighted by Gasteiger charge is 2.30. The highest BCUT2D eigenvalue weighted by Crippen LogP contribution is 2.42.